The Morgan fingerprint density at radius 1 is 1.23 bits per heavy atom. The van der Waals surface area contributed by atoms with E-state index in [1.54, 1.807) is 7.05 Å². The van der Waals surface area contributed by atoms with Crippen LogP contribution in [0.25, 0.3) is 0 Å². The van der Waals surface area contributed by atoms with E-state index in [9.17, 15) is 13.2 Å². The molecule has 4 saturated carbocycles. The molecule has 4 aliphatic rings. The highest BCUT2D eigenvalue weighted by Crippen LogP contribution is 2.60. The van der Waals surface area contributed by atoms with Gasteiger partial charge < -0.3 is 4.57 Å². The van der Waals surface area contributed by atoms with Crippen molar-refractivity contribution in [2.45, 2.75) is 43.7 Å². The maximum Gasteiger partial charge on any atom is 0.249 e. The van der Waals surface area contributed by atoms with Gasteiger partial charge in [0.15, 0.2) is 5.78 Å². The van der Waals surface area contributed by atoms with Gasteiger partial charge >= 0.3 is 0 Å². The summed E-state index contributed by atoms with van der Waals surface area (Å²) < 4.78 is 26.3. The molecule has 6 nitrogen and oxygen atoms in total. The Morgan fingerprint density at radius 3 is 2.23 bits per heavy atom. The molecular weight excluding hydrogens is 302 g/mol. The first kappa shape index (κ1) is 14.4. The fourth-order valence-corrected chi connectivity index (χ4v) is 6.83. The highest BCUT2D eigenvalue weighted by Gasteiger charge is 2.54. The normalized spacial score (nSPS) is 36.7. The van der Waals surface area contributed by atoms with E-state index in [4.69, 9.17) is 0 Å². The molecule has 0 aromatic carbocycles. The van der Waals surface area contributed by atoms with Crippen molar-refractivity contribution in [3.63, 3.8) is 0 Å². The van der Waals surface area contributed by atoms with Crippen molar-refractivity contribution in [3.8, 4) is 0 Å². The van der Waals surface area contributed by atoms with Crippen molar-refractivity contribution in [2.75, 3.05) is 5.75 Å². The van der Waals surface area contributed by atoms with Crippen molar-refractivity contribution in [3.05, 3.63) is 6.33 Å². The van der Waals surface area contributed by atoms with E-state index in [0.29, 0.717) is 17.8 Å². The monoisotopic (exact) mass is 323 g/mol. The zero-order valence-corrected chi connectivity index (χ0v) is 13.6. The molecule has 22 heavy (non-hydrogen) atoms. The van der Waals surface area contributed by atoms with Crippen molar-refractivity contribution in [2.24, 2.45) is 30.2 Å². The lowest BCUT2D eigenvalue weighted by Crippen LogP contribution is -2.51. The summed E-state index contributed by atoms with van der Waals surface area (Å²) in [7, 11) is -2.12. The molecular formula is C15H21N3O3S. The lowest BCUT2D eigenvalue weighted by Gasteiger charge is -2.55. The van der Waals surface area contributed by atoms with E-state index in [2.05, 4.69) is 10.2 Å². The van der Waals surface area contributed by atoms with Crippen LogP contribution in [0.15, 0.2) is 11.5 Å². The number of Topliss-reactive ketones (excluding diaryl/α,β-unsaturated/α-hetero) is 1. The Morgan fingerprint density at radius 2 is 1.77 bits per heavy atom. The maximum atomic E-state index is 12.9. The number of hydrogen-bond donors (Lipinski definition) is 0. The first-order chi connectivity index (χ1) is 10.4. The molecule has 0 unspecified atom stereocenters. The van der Waals surface area contributed by atoms with Crippen molar-refractivity contribution < 1.29 is 13.2 Å². The molecule has 4 bridgehead atoms. The molecule has 1 heterocycles. The molecule has 0 radical (unpaired) electrons. The summed E-state index contributed by atoms with van der Waals surface area (Å²) in [5.41, 5.74) is -0.375. The van der Waals surface area contributed by atoms with Crippen LogP contribution in [0.1, 0.15) is 38.5 Å². The molecule has 4 fully saturated rings. The second-order valence-electron chi connectivity index (χ2n) is 7.60. The van der Waals surface area contributed by atoms with Crippen LogP contribution in [0.4, 0.5) is 0 Å². The van der Waals surface area contributed by atoms with Gasteiger partial charge in [0.2, 0.25) is 15.0 Å². The number of sulfone groups is 1. The fraction of sp³-hybridized carbons (Fsp3) is 0.800. The maximum absolute atomic E-state index is 12.9. The number of rotatable bonds is 4. The zero-order chi connectivity index (χ0) is 15.5. The Kier molecular flexibility index (Phi) is 3.02. The van der Waals surface area contributed by atoms with E-state index in [1.165, 1.54) is 30.2 Å². The van der Waals surface area contributed by atoms with Crippen LogP contribution in [0, 0.1) is 23.2 Å². The number of hydrogen-bond acceptors (Lipinski definition) is 5. The van der Waals surface area contributed by atoms with E-state index in [0.717, 1.165) is 19.3 Å². The molecule has 120 valence electrons. The molecule has 0 saturated heterocycles. The lowest BCUT2D eigenvalue weighted by atomic mass is 9.48. The standard InChI is InChI=1S/C15H21N3O3S/c1-18-9-16-17-14(18)22(20,21)8-13(19)15-5-10-2-11(6-15)4-12(3-10)7-15/h9-12H,2-8H2,1H3. The molecule has 7 heteroatoms. The fourth-order valence-electron chi connectivity index (χ4n) is 5.40. The van der Waals surface area contributed by atoms with E-state index in [-0.39, 0.29) is 16.4 Å². The summed E-state index contributed by atoms with van der Waals surface area (Å²) in [6, 6.07) is 0. The summed E-state index contributed by atoms with van der Waals surface area (Å²) in [6.07, 6.45) is 7.75. The van der Waals surface area contributed by atoms with Crippen LogP contribution in [0.3, 0.4) is 0 Å². The summed E-state index contributed by atoms with van der Waals surface area (Å²) in [4.78, 5) is 12.9. The number of nitrogens with zero attached hydrogens (tertiary/aromatic N) is 3. The zero-order valence-electron chi connectivity index (χ0n) is 12.7. The molecule has 0 atom stereocenters. The van der Waals surface area contributed by atoms with Gasteiger partial charge in [-0.2, -0.15) is 0 Å². The quantitative estimate of drug-likeness (QED) is 0.836. The van der Waals surface area contributed by atoms with Gasteiger partial charge in [0.1, 0.15) is 12.1 Å². The van der Waals surface area contributed by atoms with Crippen molar-refractivity contribution in [1.29, 1.82) is 0 Å². The van der Waals surface area contributed by atoms with Gasteiger partial charge in [-0.15, -0.1) is 10.2 Å². The SMILES string of the molecule is Cn1cnnc1S(=O)(=O)CC(=O)C12CC3CC(CC(C3)C1)C2. The topological polar surface area (TPSA) is 81.9 Å². The number of ketones is 1. The number of aryl methyl sites for hydroxylation is 1. The molecule has 0 aliphatic heterocycles. The predicted molar refractivity (Wildman–Crippen MR) is 78.7 cm³/mol. The Bertz CT molecular complexity index is 687. The van der Waals surface area contributed by atoms with Crippen LogP contribution in [-0.2, 0) is 21.7 Å². The van der Waals surface area contributed by atoms with E-state index in [1.807, 2.05) is 0 Å². The van der Waals surface area contributed by atoms with Gasteiger partial charge in [0, 0.05) is 12.5 Å². The minimum absolute atomic E-state index is 0.0883. The van der Waals surface area contributed by atoms with Gasteiger partial charge in [-0.25, -0.2) is 8.42 Å². The van der Waals surface area contributed by atoms with E-state index < -0.39 is 15.6 Å². The van der Waals surface area contributed by atoms with Crippen LogP contribution in [0.5, 0.6) is 0 Å². The average Bonchev–Trinajstić information content (AvgIpc) is 2.83. The largest absolute Gasteiger partial charge is 0.308 e. The van der Waals surface area contributed by atoms with Crippen LogP contribution in [-0.4, -0.2) is 34.7 Å². The molecule has 1 aromatic rings. The van der Waals surface area contributed by atoms with Gasteiger partial charge in [0.25, 0.3) is 0 Å². The smallest absolute Gasteiger partial charge is 0.249 e. The molecule has 1 aromatic heterocycles. The van der Waals surface area contributed by atoms with Crippen LogP contribution in [0.2, 0.25) is 0 Å². The third kappa shape index (κ3) is 2.13. The van der Waals surface area contributed by atoms with Gasteiger partial charge in [-0.1, -0.05) is 0 Å². The molecule has 0 amide bonds. The Balaban J connectivity index is 1.59. The summed E-state index contributed by atoms with van der Waals surface area (Å²) in [6.45, 7) is 0. The molecule has 0 N–H and O–H groups in total. The molecule has 5 rings (SSSR count). The first-order valence-corrected chi connectivity index (χ1v) is 9.63. The van der Waals surface area contributed by atoms with Crippen molar-refractivity contribution >= 4 is 15.6 Å². The minimum Gasteiger partial charge on any atom is -0.308 e. The van der Waals surface area contributed by atoms with Crippen molar-refractivity contribution in [1.82, 2.24) is 14.8 Å². The molecule has 4 aliphatic carbocycles. The van der Waals surface area contributed by atoms with Crippen LogP contribution >= 0.6 is 0 Å². The van der Waals surface area contributed by atoms with Gasteiger partial charge in [-0.05, 0) is 56.3 Å². The number of carbonyl (C=O) groups excluding carboxylic acids is 1. The minimum atomic E-state index is -3.70. The molecule has 0 spiro atoms. The number of carbonyl (C=O) groups is 1. The summed E-state index contributed by atoms with van der Waals surface area (Å²) in [5.74, 6) is 1.38. The van der Waals surface area contributed by atoms with Crippen LogP contribution < -0.4 is 0 Å². The second kappa shape index (κ2) is 4.63. The highest BCUT2D eigenvalue weighted by molar-refractivity contribution is 7.92. The van der Waals surface area contributed by atoms with E-state index >= 15 is 0 Å². The Hall–Kier alpha value is -1.24. The number of aromatic nitrogens is 3. The summed E-state index contributed by atoms with van der Waals surface area (Å²) in [5, 5.41) is 7.16. The average molecular weight is 323 g/mol. The second-order valence-corrected chi connectivity index (χ2v) is 9.49. The highest BCUT2D eigenvalue weighted by atomic mass is 32.2. The first-order valence-electron chi connectivity index (χ1n) is 7.98. The lowest BCUT2D eigenvalue weighted by molar-refractivity contribution is -0.141. The third-order valence-corrected chi connectivity index (χ3v) is 7.47. The van der Waals surface area contributed by atoms with Gasteiger partial charge in [-0.3, -0.25) is 4.79 Å². The third-order valence-electron chi connectivity index (χ3n) is 5.90. The summed E-state index contributed by atoms with van der Waals surface area (Å²) >= 11 is 0. The predicted octanol–water partition coefficient (Wildman–Crippen LogP) is 1.37. The van der Waals surface area contributed by atoms with Gasteiger partial charge in [0.05, 0.1) is 0 Å². The Labute approximate surface area is 130 Å².